The summed E-state index contributed by atoms with van der Waals surface area (Å²) >= 11 is 0. The molecular weight excluding hydrogens is 450 g/mol. The van der Waals surface area contributed by atoms with Crippen molar-refractivity contribution in [3.8, 4) is 0 Å². The molecule has 0 saturated carbocycles. The van der Waals surface area contributed by atoms with E-state index in [0.29, 0.717) is 34.1 Å². The first-order valence-corrected chi connectivity index (χ1v) is 11.3. The third kappa shape index (κ3) is 4.98. The maximum absolute atomic E-state index is 12.3. The summed E-state index contributed by atoms with van der Waals surface area (Å²) in [6.07, 6.45) is 0.396. The summed E-state index contributed by atoms with van der Waals surface area (Å²) in [5, 5.41) is 13.9. The summed E-state index contributed by atoms with van der Waals surface area (Å²) in [4.78, 5) is 51.9. The third-order valence-corrected chi connectivity index (χ3v) is 5.91. The van der Waals surface area contributed by atoms with Crippen molar-refractivity contribution in [1.82, 2.24) is 0 Å². The number of nitrogens with zero attached hydrogens (tertiary/aromatic N) is 4. The molecule has 0 bridgehead atoms. The summed E-state index contributed by atoms with van der Waals surface area (Å²) in [5.41, 5.74) is 6.07. The highest BCUT2D eigenvalue weighted by atomic mass is 16.2. The Morgan fingerprint density at radius 3 is 2.09 bits per heavy atom. The molecule has 2 aliphatic heterocycles. The zero-order valence-corrected chi connectivity index (χ0v) is 20.0. The standard InChI is InChI=1S/C24H27N7O4/c1-13-9-24(35)26-20-11-17(6-8-21(20)30(13)15(3)32)27-29-28-18-5-7-19-22(12-18)31(16(4)33)14(2)10-23(34)25-19/h5-8,11-14H,9-10H2,1-4H3,(H,25,34)(H,26,35)(H,27,28). The van der Waals surface area contributed by atoms with Crippen molar-refractivity contribution in [3.05, 3.63) is 36.4 Å². The first-order chi connectivity index (χ1) is 16.6. The summed E-state index contributed by atoms with van der Waals surface area (Å²) in [5.74, 6) is -0.665. The van der Waals surface area contributed by atoms with E-state index in [4.69, 9.17) is 0 Å². The fraction of sp³-hybridized carbons (Fsp3) is 0.333. The van der Waals surface area contributed by atoms with Gasteiger partial charge in [-0.05, 0) is 50.2 Å². The Balaban J connectivity index is 1.57. The Morgan fingerprint density at radius 1 is 0.857 bits per heavy atom. The maximum atomic E-state index is 12.3. The van der Waals surface area contributed by atoms with E-state index in [1.807, 2.05) is 13.8 Å². The first kappa shape index (κ1) is 23.9. The summed E-state index contributed by atoms with van der Waals surface area (Å²) in [6.45, 7) is 6.57. The summed E-state index contributed by atoms with van der Waals surface area (Å²) in [7, 11) is 0. The Bertz CT molecular complexity index is 1240. The molecule has 11 nitrogen and oxygen atoms in total. The van der Waals surface area contributed by atoms with Crippen LogP contribution in [0, 0.1) is 0 Å². The largest absolute Gasteiger partial charge is 0.324 e. The van der Waals surface area contributed by atoms with Crippen LogP contribution in [0.4, 0.5) is 34.1 Å². The molecule has 0 aromatic heterocycles. The predicted molar refractivity (Wildman–Crippen MR) is 133 cm³/mol. The lowest BCUT2D eigenvalue weighted by Crippen LogP contribution is -2.37. The summed E-state index contributed by atoms with van der Waals surface area (Å²) < 4.78 is 0. The third-order valence-electron chi connectivity index (χ3n) is 5.91. The molecule has 0 aliphatic carbocycles. The Labute approximate surface area is 202 Å². The van der Waals surface area contributed by atoms with Gasteiger partial charge in [-0.2, -0.15) is 0 Å². The van der Waals surface area contributed by atoms with Crippen LogP contribution in [0.3, 0.4) is 0 Å². The molecule has 0 spiro atoms. The summed E-state index contributed by atoms with van der Waals surface area (Å²) in [6, 6.07) is 9.66. The van der Waals surface area contributed by atoms with E-state index < -0.39 is 0 Å². The van der Waals surface area contributed by atoms with Crippen molar-refractivity contribution >= 4 is 57.8 Å². The van der Waals surface area contributed by atoms with Gasteiger partial charge in [0, 0.05) is 38.8 Å². The normalized spacial score (nSPS) is 19.8. The fourth-order valence-electron chi connectivity index (χ4n) is 4.50. The number of anilines is 5. The number of hydrogen-bond donors (Lipinski definition) is 3. The SMILES string of the molecule is CC(=O)N1c2ccc(NN=Nc3ccc4c(c3)N(C(C)=O)C(C)CC(=O)N4)cc2NC(=O)CC1C. The fourth-order valence-corrected chi connectivity index (χ4v) is 4.50. The molecule has 2 unspecified atom stereocenters. The van der Waals surface area contributed by atoms with Crippen LogP contribution in [0.25, 0.3) is 0 Å². The monoisotopic (exact) mass is 477 g/mol. The molecule has 182 valence electrons. The van der Waals surface area contributed by atoms with Crippen molar-refractivity contribution in [3.63, 3.8) is 0 Å². The quantitative estimate of drug-likeness (QED) is 0.454. The van der Waals surface area contributed by atoms with Crippen LogP contribution in [0.2, 0.25) is 0 Å². The highest BCUT2D eigenvalue weighted by Gasteiger charge is 2.29. The lowest BCUT2D eigenvalue weighted by molar-refractivity contribution is -0.119. The van der Waals surface area contributed by atoms with Gasteiger partial charge in [-0.15, -0.1) is 5.11 Å². The van der Waals surface area contributed by atoms with Gasteiger partial charge >= 0.3 is 0 Å². The molecular formula is C24H27N7O4. The zero-order chi connectivity index (χ0) is 25.3. The van der Waals surface area contributed by atoms with Crippen LogP contribution >= 0.6 is 0 Å². The predicted octanol–water partition coefficient (Wildman–Crippen LogP) is 3.96. The molecule has 11 heteroatoms. The number of benzene rings is 2. The van der Waals surface area contributed by atoms with Crippen molar-refractivity contribution < 1.29 is 19.2 Å². The minimum Gasteiger partial charge on any atom is -0.324 e. The van der Waals surface area contributed by atoms with E-state index in [1.54, 1.807) is 46.2 Å². The van der Waals surface area contributed by atoms with Crippen LogP contribution in [-0.4, -0.2) is 35.7 Å². The van der Waals surface area contributed by atoms with Gasteiger partial charge in [-0.3, -0.25) is 24.6 Å². The number of amides is 4. The Hall–Kier alpha value is -4.28. The number of hydrogen-bond acceptors (Lipinski definition) is 6. The Morgan fingerprint density at radius 2 is 1.46 bits per heavy atom. The van der Waals surface area contributed by atoms with E-state index >= 15 is 0 Å². The van der Waals surface area contributed by atoms with Crippen LogP contribution < -0.4 is 25.9 Å². The highest BCUT2D eigenvalue weighted by molar-refractivity contribution is 6.05. The van der Waals surface area contributed by atoms with Gasteiger partial charge in [0.2, 0.25) is 23.6 Å². The van der Waals surface area contributed by atoms with Crippen LogP contribution in [0.15, 0.2) is 46.7 Å². The molecule has 0 fully saturated rings. The van der Waals surface area contributed by atoms with E-state index in [2.05, 4.69) is 26.4 Å². The van der Waals surface area contributed by atoms with Crippen molar-refractivity contribution in [1.29, 1.82) is 0 Å². The smallest absolute Gasteiger partial charge is 0.226 e. The zero-order valence-electron chi connectivity index (χ0n) is 20.0. The number of rotatable bonds is 3. The molecule has 2 atom stereocenters. The minimum absolute atomic E-state index is 0.149. The molecule has 2 aromatic carbocycles. The van der Waals surface area contributed by atoms with Gasteiger partial charge < -0.3 is 20.4 Å². The number of carbonyl (C=O) groups excluding carboxylic acids is 4. The van der Waals surface area contributed by atoms with E-state index in [-0.39, 0.29) is 48.6 Å². The van der Waals surface area contributed by atoms with Crippen LogP contribution in [0.1, 0.15) is 40.5 Å². The average Bonchev–Trinajstić information content (AvgIpc) is 2.97. The van der Waals surface area contributed by atoms with E-state index in [9.17, 15) is 19.2 Å². The number of nitrogens with one attached hydrogen (secondary N) is 3. The highest BCUT2D eigenvalue weighted by Crippen LogP contribution is 2.36. The van der Waals surface area contributed by atoms with Gasteiger partial charge in [0.25, 0.3) is 0 Å². The molecule has 35 heavy (non-hydrogen) atoms. The van der Waals surface area contributed by atoms with Crippen molar-refractivity contribution in [2.75, 3.05) is 25.9 Å². The second-order valence-electron chi connectivity index (χ2n) is 8.73. The molecule has 4 rings (SSSR count). The molecule has 3 N–H and O–H groups in total. The topological polar surface area (TPSA) is 136 Å². The molecule has 4 amide bonds. The average molecular weight is 478 g/mol. The van der Waals surface area contributed by atoms with E-state index in [1.165, 1.54) is 13.8 Å². The number of carbonyl (C=O) groups is 4. The van der Waals surface area contributed by atoms with Gasteiger partial charge in [0.05, 0.1) is 34.1 Å². The second kappa shape index (κ2) is 9.53. The molecule has 0 saturated heterocycles. The lowest BCUT2D eigenvalue weighted by atomic mass is 10.1. The van der Waals surface area contributed by atoms with Gasteiger partial charge in [0.15, 0.2) is 0 Å². The van der Waals surface area contributed by atoms with Crippen LogP contribution in [0.5, 0.6) is 0 Å². The van der Waals surface area contributed by atoms with Gasteiger partial charge in [-0.1, -0.05) is 5.22 Å². The van der Waals surface area contributed by atoms with Gasteiger partial charge in [-0.25, -0.2) is 0 Å². The first-order valence-electron chi connectivity index (χ1n) is 11.3. The maximum Gasteiger partial charge on any atom is 0.226 e. The molecule has 2 heterocycles. The number of fused-ring (bicyclic) bond motifs is 2. The molecule has 2 aromatic rings. The Kier molecular flexibility index (Phi) is 6.50. The second-order valence-corrected chi connectivity index (χ2v) is 8.73. The lowest BCUT2D eigenvalue weighted by Gasteiger charge is -2.26. The van der Waals surface area contributed by atoms with Gasteiger partial charge in [0.1, 0.15) is 0 Å². The van der Waals surface area contributed by atoms with E-state index in [0.717, 1.165) is 0 Å². The van der Waals surface area contributed by atoms with Crippen molar-refractivity contribution in [2.45, 2.75) is 52.6 Å². The molecule has 2 aliphatic rings. The van der Waals surface area contributed by atoms with Crippen molar-refractivity contribution in [2.24, 2.45) is 10.3 Å². The molecule has 0 radical (unpaired) electrons. The minimum atomic E-state index is -0.300. The van der Waals surface area contributed by atoms with Crippen LogP contribution in [-0.2, 0) is 19.2 Å².